The molecule has 0 radical (unpaired) electrons. The Bertz CT molecular complexity index is 581. The first-order valence-electron chi connectivity index (χ1n) is 6.31. The van der Waals surface area contributed by atoms with Gasteiger partial charge in [0.15, 0.2) is 0 Å². The first-order chi connectivity index (χ1) is 9.36. The highest BCUT2D eigenvalue weighted by Gasteiger charge is 2.65. The zero-order chi connectivity index (χ0) is 16.0. The van der Waals surface area contributed by atoms with Gasteiger partial charge in [0.25, 0.3) is 5.91 Å². The van der Waals surface area contributed by atoms with E-state index in [9.17, 15) is 24.2 Å². The third-order valence-corrected chi connectivity index (χ3v) is 4.39. The molecule has 2 rings (SSSR count). The van der Waals surface area contributed by atoms with Crippen LogP contribution in [0.5, 0.6) is 0 Å². The third kappa shape index (κ3) is 3.78. The fourth-order valence-electron chi connectivity index (χ4n) is 2.25. The first kappa shape index (κ1) is 15.9. The number of likely N-dealkylation sites (tertiary alicyclic amines) is 1. The Labute approximate surface area is 118 Å². The Kier molecular flexibility index (Phi) is 3.21. The average Bonchev–Trinajstić information content (AvgIpc) is 2.35. The van der Waals surface area contributed by atoms with Crippen LogP contribution in [-0.4, -0.2) is 23.9 Å². The highest BCUT2D eigenvalue weighted by Crippen LogP contribution is 3.02. The molecule has 0 bridgehead atoms. The smallest absolute Gasteiger partial charge is 0.310 e. The van der Waals surface area contributed by atoms with Crippen LogP contribution < -0.4 is 5.73 Å². The van der Waals surface area contributed by atoms with Crippen molar-refractivity contribution in [2.75, 3.05) is 18.8 Å². The van der Waals surface area contributed by atoms with Crippen molar-refractivity contribution in [3.63, 3.8) is 0 Å². The van der Waals surface area contributed by atoms with Gasteiger partial charge in [-0.2, -0.15) is 0 Å². The minimum Gasteiger partial charge on any atom is -0.399 e. The van der Waals surface area contributed by atoms with E-state index in [1.54, 1.807) is 0 Å². The van der Waals surface area contributed by atoms with E-state index in [-0.39, 0.29) is 12.1 Å². The van der Waals surface area contributed by atoms with Crippen molar-refractivity contribution in [3.8, 4) is 0 Å². The Hall–Kier alpha value is -1.51. The molecule has 0 saturated carbocycles. The molecule has 1 fully saturated rings. The number of piperidine rings is 1. The van der Waals surface area contributed by atoms with Crippen LogP contribution in [0.4, 0.5) is 25.1 Å². The van der Waals surface area contributed by atoms with Gasteiger partial charge in [-0.25, -0.2) is 0 Å². The molecule has 1 aliphatic heterocycles. The SMILES string of the molecule is Nc1cc(C(=O)N2CCCCC2)cc(S(F)(F)(F)(F)F)c1. The molecule has 0 aliphatic carbocycles. The number of nitrogens with two attached hydrogens (primary N) is 1. The average molecular weight is 330 g/mol. The molecule has 2 N–H and O–H groups in total. The highest BCUT2D eigenvalue weighted by atomic mass is 32.5. The number of nitrogen functional groups attached to an aromatic ring is 1. The summed E-state index contributed by atoms with van der Waals surface area (Å²) in [6.07, 6.45) is 2.41. The van der Waals surface area contributed by atoms with Crippen molar-refractivity contribution in [1.29, 1.82) is 0 Å². The summed E-state index contributed by atoms with van der Waals surface area (Å²) in [5.74, 6) is -0.704. The molecule has 1 aromatic rings. The molecule has 0 spiro atoms. The number of hydrogen-bond donors (Lipinski definition) is 1. The van der Waals surface area contributed by atoms with Gasteiger partial charge in [0.05, 0.1) is 0 Å². The van der Waals surface area contributed by atoms with E-state index in [1.165, 1.54) is 4.90 Å². The summed E-state index contributed by atoms with van der Waals surface area (Å²) >= 11 is 0. The van der Waals surface area contributed by atoms with Gasteiger partial charge in [-0.05, 0) is 37.5 Å². The van der Waals surface area contributed by atoms with E-state index in [0.717, 1.165) is 25.3 Å². The fraction of sp³-hybridized carbons (Fsp3) is 0.417. The monoisotopic (exact) mass is 330 g/mol. The summed E-state index contributed by atoms with van der Waals surface area (Å²) in [5.41, 5.74) is 4.28. The van der Waals surface area contributed by atoms with E-state index in [2.05, 4.69) is 0 Å². The number of anilines is 1. The van der Waals surface area contributed by atoms with Crippen LogP contribution in [0, 0.1) is 0 Å². The fourth-order valence-corrected chi connectivity index (χ4v) is 2.96. The van der Waals surface area contributed by atoms with Crippen molar-refractivity contribution >= 4 is 21.8 Å². The van der Waals surface area contributed by atoms with Crippen molar-refractivity contribution in [2.24, 2.45) is 0 Å². The lowest BCUT2D eigenvalue weighted by Gasteiger charge is -2.40. The summed E-state index contributed by atoms with van der Waals surface area (Å²) in [7, 11) is -9.85. The molecular formula is C12H15F5N2OS. The predicted octanol–water partition coefficient (Wildman–Crippen LogP) is 4.55. The van der Waals surface area contributed by atoms with E-state index in [0.29, 0.717) is 13.1 Å². The Morgan fingerprint density at radius 1 is 1.00 bits per heavy atom. The van der Waals surface area contributed by atoms with Crippen molar-refractivity contribution in [3.05, 3.63) is 23.8 Å². The number of carbonyl (C=O) groups excluding carboxylic acids is 1. The van der Waals surface area contributed by atoms with E-state index in [4.69, 9.17) is 5.73 Å². The summed E-state index contributed by atoms with van der Waals surface area (Å²) in [6.45, 7) is 0.804. The van der Waals surface area contributed by atoms with Gasteiger partial charge in [0.2, 0.25) is 0 Å². The van der Waals surface area contributed by atoms with Crippen LogP contribution in [-0.2, 0) is 0 Å². The van der Waals surface area contributed by atoms with Gasteiger partial charge in [-0.15, -0.1) is 0 Å². The van der Waals surface area contributed by atoms with Crippen molar-refractivity contribution < 1.29 is 24.2 Å². The molecule has 3 nitrogen and oxygen atoms in total. The lowest BCUT2D eigenvalue weighted by molar-refractivity contribution is 0.0724. The van der Waals surface area contributed by atoms with E-state index < -0.39 is 32.3 Å². The summed E-state index contributed by atoms with van der Waals surface area (Å²) in [6, 6.07) is 1.34. The highest BCUT2D eigenvalue weighted by molar-refractivity contribution is 8.45. The molecule has 1 aromatic carbocycles. The molecular weight excluding hydrogens is 315 g/mol. The lowest BCUT2D eigenvalue weighted by Crippen LogP contribution is -2.35. The number of hydrogen-bond acceptors (Lipinski definition) is 2. The topological polar surface area (TPSA) is 46.3 Å². The number of benzene rings is 1. The Morgan fingerprint density at radius 3 is 2.10 bits per heavy atom. The molecule has 0 aromatic heterocycles. The van der Waals surface area contributed by atoms with Gasteiger partial charge in [0, 0.05) is 24.3 Å². The van der Waals surface area contributed by atoms with E-state index in [1.807, 2.05) is 0 Å². The summed E-state index contributed by atoms with van der Waals surface area (Å²) < 4.78 is 64.2. The summed E-state index contributed by atoms with van der Waals surface area (Å²) in [4.78, 5) is 11.3. The molecule has 120 valence electrons. The molecule has 9 heteroatoms. The van der Waals surface area contributed by atoms with Gasteiger partial charge in [0.1, 0.15) is 4.90 Å². The first-order valence-corrected chi connectivity index (χ1v) is 8.26. The number of carbonyl (C=O) groups is 1. The maximum atomic E-state index is 12.8. The Balaban J connectivity index is 2.43. The number of nitrogens with zero attached hydrogens (tertiary/aromatic N) is 1. The van der Waals surface area contributed by atoms with Crippen LogP contribution in [0.2, 0.25) is 0 Å². The lowest BCUT2D eigenvalue weighted by atomic mass is 10.1. The quantitative estimate of drug-likeness (QED) is 0.638. The number of rotatable bonds is 2. The summed E-state index contributed by atoms with van der Waals surface area (Å²) in [5, 5.41) is 0. The zero-order valence-corrected chi connectivity index (χ0v) is 11.8. The second kappa shape index (κ2) is 4.25. The maximum absolute atomic E-state index is 12.8. The molecule has 1 amide bonds. The maximum Gasteiger partial charge on any atom is 0.310 e. The largest absolute Gasteiger partial charge is 0.399 e. The van der Waals surface area contributed by atoms with Gasteiger partial charge < -0.3 is 10.6 Å². The molecule has 0 atom stereocenters. The third-order valence-electron chi connectivity index (χ3n) is 3.26. The number of halogens is 5. The second-order valence-corrected chi connectivity index (χ2v) is 7.52. The van der Waals surface area contributed by atoms with Gasteiger partial charge in [-0.1, -0.05) is 19.4 Å². The minimum atomic E-state index is -9.85. The normalized spacial score (nSPS) is 19.8. The van der Waals surface area contributed by atoms with Crippen LogP contribution in [0.25, 0.3) is 0 Å². The zero-order valence-electron chi connectivity index (χ0n) is 11.0. The van der Waals surface area contributed by atoms with Crippen LogP contribution in [0.3, 0.4) is 0 Å². The van der Waals surface area contributed by atoms with Crippen molar-refractivity contribution in [1.82, 2.24) is 4.90 Å². The van der Waals surface area contributed by atoms with Gasteiger partial charge in [-0.3, -0.25) is 4.79 Å². The molecule has 1 aliphatic rings. The Morgan fingerprint density at radius 2 is 1.57 bits per heavy atom. The minimum absolute atomic E-state index is 0.161. The molecule has 21 heavy (non-hydrogen) atoms. The van der Waals surface area contributed by atoms with Crippen molar-refractivity contribution in [2.45, 2.75) is 24.2 Å². The van der Waals surface area contributed by atoms with E-state index >= 15 is 0 Å². The standard InChI is InChI=1S/C12H15F5N2OS/c13-21(14,15,16,17)11-7-9(6-10(18)8-11)12(20)19-4-2-1-3-5-19/h6-8H,1-5,18H2. The predicted molar refractivity (Wildman–Crippen MR) is 72.0 cm³/mol. The molecule has 1 saturated heterocycles. The van der Waals surface area contributed by atoms with Crippen LogP contribution >= 0.6 is 10.2 Å². The molecule has 0 unspecified atom stereocenters. The number of amides is 1. The van der Waals surface area contributed by atoms with Gasteiger partial charge >= 0.3 is 10.2 Å². The van der Waals surface area contributed by atoms with Crippen LogP contribution in [0.1, 0.15) is 29.6 Å². The molecule has 1 heterocycles. The second-order valence-electron chi connectivity index (χ2n) is 5.11. The van der Waals surface area contributed by atoms with Crippen LogP contribution in [0.15, 0.2) is 23.1 Å².